The topological polar surface area (TPSA) is 125 Å². The van der Waals surface area contributed by atoms with E-state index in [1.165, 1.54) is 16.8 Å². The summed E-state index contributed by atoms with van der Waals surface area (Å²) in [6, 6.07) is 8.40. The molecule has 2 N–H and O–H groups in total. The van der Waals surface area contributed by atoms with Crippen LogP contribution >= 0.6 is 11.3 Å². The Morgan fingerprint density at radius 2 is 2.00 bits per heavy atom. The fraction of sp³-hybridized carbons (Fsp3) is 0.333. The minimum absolute atomic E-state index is 0.117. The van der Waals surface area contributed by atoms with Gasteiger partial charge < -0.3 is 15.1 Å². The lowest BCUT2D eigenvalue weighted by atomic mass is 9.89. The van der Waals surface area contributed by atoms with Crippen molar-refractivity contribution < 1.29 is 13.0 Å². The van der Waals surface area contributed by atoms with Crippen LogP contribution in [-0.4, -0.2) is 59.1 Å². The highest BCUT2D eigenvalue weighted by Crippen LogP contribution is 2.31. The molecular weight excluding hydrogens is 517 g/mol. The van der Waals surface area contributed by atoms with Crippen LogP contribution in [-0.2, 0) is 17.3 Å². The van der Waals surface area contributed by atoms with Crippen LogP contribution in [0.25, 0.3) is 27.6 Å². The molecule has 1 atom stereocenters. The van der Waals surface area contributed by atoms with Crippen LogP contribution in [0.3, 0.4) is 0 Å². The third kappa shape index (κ3) is 4.36. The molecule has 13 heteroatoms. The monoisotopic (exact) mass is 541 g/mol. The molecule has 1 fully saturated rings. The summed E-state index contributed by atoms with van der Waals surface area (Å²) in [7, 11) is -1.20. The largest absolute Gasteiger partial charge is 0.461 e. The molecule has 0 amide bonds. The molecule has 0 radical (unpaired) electrons. The van der Waals surface area contributed by atoms with Gasteiger partial charge in [-0.3, -0.25) is 13.6 Å². The minimum atomic E-state index is -1.20. The van der Waals surface area contributed by atoms with Gasteiger partial charge in [-0.05, 0) is 61.7 Å². The smallest absolute Gasteiger partial charge is 0.309 e. The maximum Gasteiger partial charge on any atom is 0.309 e. The second-order valence-electron chi connectivity index (χ2n) is 9.04. The quantitative estimate of drug-likeness (QED) is 0.348. The SMILES string of the molecule is C[S@@](=O)c1ccc(C2CCN(CCn3c(=O)sc4c3nc(N)n3nc(-c5ccco5)nc43)CC2)c(F)c1. The number of fused-ring (bicyclic) bond motifs is 3. The first-order valence-electron chi connectivity index (χ1n) is 11.8. The number of hydrogen-bond donors (Lipinski definition) is 1. The van der Waals surface area contributed by atoms with Gasteiger partial charge in [0.05, 0.1) is 6.26 Å². The Bertz CT molecular complexity index is 1680. The molecule has 192 valence electrons. The predicted octanol–water partition coefficient (Wildman–Crippen LogP) is 3.10. The highest BCUT2D eigenvalue weighted by atomic mass is 32.2. The van der Waals surface area contributed by atoms with Gasteiger partial charge in [0, 0.05) is 35.0 Å². The number of nitrogens with two attached hydrogens (primary N) is 1. The van der Waals surface area contributed by atoms with Crippen LogP contribution in [0.1, 0.15) is 24.3 Å². The van der Waals surface area contributed by atoms with Gasteiger partial charge in [0.2, 0.25) is 11.8 Å². The van der Waals surface area contributed by atoms with Crippen LogP contribution in [0.5, 0.6) is 0 Å². The zero-order chi connectivity index (χ0) is 25.7. The van der Waals surface area contributed by atoms with E-state index in [1.54, 1.807) is 35.1 Å². The number of furan rings is 1. The maximum atomic E-state index is 14.6. The Balaban J connectivity index is 1.18. The molecular formula is C24H24FN7O3S2. The van der Waals surface area contributed by atoms with Crippen molar-refractivity contribution in [3.63, 3.8) is 0 Å². The standard InChI is InChI=1S/C24H24FN7O3S2/c1-37(34)15-4-5-16(17(25)13-15)14-6-8-30(9-7-14)10-11-31-21-19(36-24(31)33)22-27-20(18-3-2-12-35-18)29-32(22)23(26)28-21/h2-5,12-14H,6-11H2,1H3,(H2,26,28)/t37-/m1/s1. The summed E-state index contributed by atoms with van der Waals surface area (Å²) in [5.41, 5.74) is 7.80. The number of hydrogen-bond acceptors (Lipinski definition) is 9. The van der Waals surface area contributed by atoms with E-state index in [2.05, 4.69) is 20.0 Å². The van der Waals surface area contributed by atoms with E-state index < -0.39 is 10.8 Å². The zero-order valence-corrected chi connectivity index (χ0v) is 21.6. The summed E-state index contributed by atoms with van der Waals surface area (Å²) in [4.78, 5) is 24.5. The fourth-order valence-corrected chi connectivity index (χ4v) is 6.32. The summed E-state index contributed by atoms with van der Waals surface area (Å²) in [5, 5.41) is 4.38. The summed E-state index contributed by atoms with van der Waals surface area (Å²) >= 11 is 1.07. The van der Waals surface area contributed by atoms with Crippen molar-refractivity contribution in [1.29, 1.82) is 0 Å². The van der Waals surface area contributed by atoms with Gasteiger partial charge in [-0.25, -0.2) is 9.37 Å². The molecule has 0 spiro atoms. The lowest BCUT2D eigenvalue weighted by Gasteiger charge is -2.32. The molecule has 1 aliphatic rings. The molecule has 0 bridgehead atoms. The van der Waals surface area contributed by atoms with Crippen molar-refractivity contribution >= 4 is 44.1 Å². The van der Waals surface area contributed by atoms with E-state index in [0.717, 1.165) is 37.3 Å². The molecule has 1 aromatic carbocycles. The highest BCUT2D eigenvalue weighted by molar-refractivity contribution is 7.84. The highest BCUT2D eigenvalue weighted by Gasteiger charge is 2.24. The van der Waals surface area contributed by atoms with E-state index in [1.807, 2.05) is 0 Å². The number of nitrogens with zero attached hydrogens (tertiary/aromatic N) is 6. The lowest BCUT2D eigenvalue weighted by Crippen LogP contribution is -2.36. The molecule has 10 nitrogen and oxygen atoms in total. The van der Waals surface area contributed by atoms with Crippen molar-refractivity contribution in [2.75, 3.05) is 31.6 Å². The first kappa shape index (κ1) is 23.9. The van der Waals surface area contributed by atoms with Crippen LogP contribution in [0, 0.1) is 5.82 Å². The Morgan fingerprint density at radius 3 is 2.70 bits per heavy atom. The van der Waals surface area contributed by atoms with E-state index in [0.29, 0.717) is 51.1 Å². The van der Waals surface area contributed by atoms with Gasteiger partial charge in [-0.1, -0.05) is 17.4 Å². The molecule has 0 aliphatic carbocycles. The Hall–Kier alpha value is -3.42. The molecule has 5 aromatic rings. The second kappa shape index (κ2) is 9.47. The van der Waals surface area contributed by atoms with Gasteiger partial charge in [0.1, 0.15) is 10.5 Å². The lowest BCUT2D eigenvalue weighted by molar-refractivity contribution is 0.204. The van der Waals surface area contributed by atoms with Gasteiger partial charge in [-0.2, -0.15) is 9.50 Å². The van der Waals surface area contributed by atoms with Crippen LogP contribution in [0.2, 0.25) is 0 Å². The average molecular weight is 542 g/mol. The van der Waals surface area contributed by atoms with Gasteiger partial charge in [-0.15, -0.1) is 5.10 Å². The number of piperidine rings is 1. The molecule has 0 unspecified atom stereocenters. The van der Waals surface area contributed by atoms with E-state index in [4.69, 9.17) is 10.2 Å². The number of benzene rings is 1. The molecule has 1 saturated heterocycles. The molecule has 6 rings (SSSR count). The number of thiazole rings is 1. The Morgan fingerprint density at radius 1 is 1.19 bits per heavy atom. The van der Waals surface area contributed by atoms with Crippen molar-refractivity contribution in [1.82, 2.24) is 29.0 Å². The Labute approximate surface area is 217 Å². The second-order valence-corrected chi connectivity index (χ2v) is 11.4. The van der Waals surface area contributed by atoms with Gasteiger partial charge >= 0.3 is 4.87 Å². The summed E-state index contributed by atoms with van der Waals surface area (Å²) in [6.07, 6.45) is 4.71. The van der Waals surface area contributed by atoms with E-state index >= 15 is 0 Å². The third-order valence-electron chi connectivity index (χ3n) is 6.83. The number of rotatable bonds is 6. The molecule has 0 saturated carbocycles. The molecule has 5 heterocycles. The number of aromatic nitrogens is 5. The zero-order valence-electron chi connectivity index (χ0n) is 20.0. The third-order valence-corrected chi connectivity index (χ3v) is 8.71. The molecule has 37 heavy (non-hydrogen) atoms. The summed E-state index contributed by atoms with van der Waals surface area (Å²) < 4.78 is 35.3. The maximum absolute atomic E-state index is 14.6. The minimum Gasteiger partial charge on any atom is -0.461 e. The Kier molecular flexibility index (Phi) is 6.13. The fourth-order valence-electron chi connectivity index (χ4n) is 4.86. The van der Waals surface area contributed by atoms with Crippen LogP contribution in [0.15, 0.2) is 50.7 Å². The van der Waals surface area contributed by atoms with Gasteiger partial charge in [0.15, 0.2) is 17.1 Å². The van der Waals surface area contributed by atoms with Crippen LogP contribution < -0.4 is 10.6 Å². The summed E-state index contributed by atoms with van der Waals surface area (Å²) in [5.74, 6) is 0.838. The number of anilines is 1. The van der Waals surface area contributed by atoms with Crippen molar-refractivity contribution in [2.24, 2.45) is 0 Å². The predicted molar refractivity (Wildman–Crippen MR) is 140 cm³/mol. The first-order valence-corrected chi connectivity index (χ1v) is 14.2. The number of likely N-dealkylation sites (tertiary alicyclic amines) is 1. The average Bonchev–Trinajstić information content (AvgIpc) is 3.62. The van der Waals surface area contributed by atoms with Crippen LogP contribution in [0.4, 0.5) is 10.3 Å². The summed E-state index contributed by atoms with van der Waals surface area (Å²) in [6.45, 7) is 2.69. The van der Waals surface area contributed by atoms with E-state index in [-0.39, 0.29) is 22.6 Å². The number of nitrogen functional groups attached to an aromatic ring is 1. The van der Waals surface area contributed by atoms with Gasteiger partial charge in [0.25, 0.3) is 0 Å². The van der Waals surface area contributed by atoms with Crippen molar-refractivity contribution in [3.8, 4) is 11.6 Å². The normalized spacial score (nSPS) is 16.2. The number of halogens is 1. The first-order chi connectivity index (χ1) is 17.9. The van der Waals surface area contributed by atoms with E-state index in [9.17, 15) is 13.4 Å². The van der Waals surface area contributed by atoms with Crippen molar-refractivity contribution in [2.45, 2.75) is 30.2 Å². The molecule has 1 aliphatic heterocycles. The van der Waals surface area contributed by atoms with Crippen molar-refractivity contribution in [3.05, 3.63) is 57.6 Å². The molecule has 4 aromatic heterocycles.